The summed E-state index contributed by atoms with van der Waals surface area (Å²) in [6.07, 6.45) is -1.69. The summed E-state index contributed by atoms with van der Waals surface area (Å²) < 4.78 is 21.9. The van der Waals surface area contributed by atoms with Crippen LogP contribution in [-0.2, 0) is 33.3 Å². The first kappa shape index (κ1) is 23.3. The molecule has 0 aliphatic carbocycles. The highest BCUT2D eigenvalue weighted by molar-refractivity contribution is 5.73. The van der Waals surface area contributed by atoms with E-state index in [4.69, 9.17) is 24.7 Å². The normalized spacial score (nSPS) is 27.7. The van der Waals surface area contributed by atoms with E-state index in [-0.39, 0.29) is 0 Å². The van der Waals surface area contributed by atoms with Crippen molar-refractivity contribution in [1.29, 1.82) is 0 Å². The number of hydrogen-bond acceptors (Lipinski definition) is 9. The molecule has 0 spiro atoms. The largest absolute Gasteiger partial charge is 0.456 e. The second-order valence-electron chi connectivity index (χ2n) is 6.32. The van der Waals surface area contributed by atoms with E-state index >= 15 is 0 Å². The van der Waals surface area contributed by atoms with Crippen LogP contribution in [0, 0.1) is 0 Å². The van der Waals surface area contributed by atoms with Gasteiger partial charge in [-0.1, -0.05) is 0 Å². The van der Waals surface area contributed by atoms with E-state index in [1.54, 1.807) is 0 Å². The zero-order valence-electron chi connectivity index (χ0n) is 16.0. The quantitative estimate of drug-likeness (QED) is 0.323. The molecule has 0 aromatic rings. The molecule has 1 heterocycles. The SMILES string of the molecule is CC(=O)NC1[C@H](OCCCCCN)OC(CO)[C@H](OC(C)=O)[C@@H]1OC(C)=O. The zero-order chi connectivity index (χ0) is 20.4. The number of hydrogen-bond donors (Lipinski definition) is 3. The molecule has 5 atom stereocenters. The molecule has 1 rings (SSSR count). The fraction of sp³-hybridized carbons (Fsp3) is 0.824. The van der Waals surface area contributed by atoms with Crippen LogP contribution < -0.4 is 11.1 Å². The zero-order valence-corrected chi connectivity index (χ0v) is 16.0. The molecule has 10 nitrogen and oxygen atoms in total. The molecule has 0 aromatic carbocycles. The number of carbonyl (C=O) groups excluding carboxylic acids is 3. The first-order valence-corrected chi connectivity index (χ1v) is 8.99. The summed E-state index contributed by atoms with van der Waals surface area (Å²) in [7, 11) is 0. The van der Waals surface area contributed by atoms with Gasteiger partial charge in [0.2, 0.25) is 5.91 Å². The van der Waals surface area contributed by atoms with Gasteiger partial charge >= 0.3 is 11.9 Å². The molecular formula is C17H30N2O8. The Labute approximate surface area is 158 Å². The van der Waals surface area contributed by atoms with E-state index in [0.717, 1.165) is 19.3 Å². The molecule has 0 bridgehead atoms. The molecule has 156 valence electrons. The number of carbonyl (C=O) groups is 3. The first-order valence-electron chi connectivity index (χ1n) is 8.99. The molecule has 2 unspecified atom stereocenters. The fourth-order valence-electron chi connectivity index (χ4n) is 2.87. The summed E-state index contributed by atoms with van der Waals surface area (Å²) in [6.45, 7) is 4.09. The molecule has 0 radical (unpaired) electrons. The number of aliphatic hydroxyl groups is 1. The number of unbranched alkanes of at least 4 members (excludes halogenated alkanes) is 2. The highest BCUT2D eigenvalue weighted by Gasteiger charge is 2.50. The lowest BCUT2D eigenvalue weighted by atomic mass is 9.96. The van der Waals surface area contributed by atoms with Crippen LogP contribution in [0.4, 0.5) is 0 Å². The Morgan fingerprint density at radius 3 is 2.19 bits per heavy atom. The van der Waals surface area contributed by atoms with Crippen molar-refractivity contribution >= 4 is 17.8 Å². The third-order valence-corrected chi connectivity index (χ3v) is 3.93. The summed E-state index contributed by atoms with van der Waals surface area (Å²) in [5.41, 5.74) is 5.46. The predicted octanol–water partition coefficient (Wildman–Crippen LogP) is -0.783. The molecule has 27 heavy (non-hydrogen) atoms. The van der Waals surface area contributed by atoms with Gasteiger partial charge in [0.05, 0.1) is 6.61 Å². The van der Waals surface area contributed by atoms with E-state index in [1.165, 1.54) is 20.8 Å². The third kappa shape index (κ3) is 7.79. The summed E-state index contributed by atoms with van der Waals surface area (Å²) in [4.78, 5) is 34.7. The van der Waals surface area contributed by atoms with E-state index in [2.05, 4.69) is 5.32 Å². The molecule has 0 saturated carbocycles. The number of rotatable bonds is 10. The van der Waals surface area contributed by atoms with Crippen LogP contribution in [0.15, 0.2) is 0 Å². The molecule has 10 heteroatoms. The summed E-state index contributed by atoms with van der Waals surface area (Å²) in [6, 6.07) is -0.909. The van der Waals surface area contributed by atoms with Gasteiger partial charge in [-0.2, -0.15) is 0 Å². The number of aliphatic hydroxyl groups excluding tert-OH is 1. The highest BCUT2D eigenvalue weighted by Crippen LogP contribution is 2.27. The Hall–Kier alpha value is -1.75. The Kier molecular flexibility index (Phi) is 10.2. The summed E-state index contributed by atoms with van der Waals surface area (Å²) >= 11 is 0. The standard InChI is InChI=1S/C17H30N2O8/c1-10(21)19-14-16(26-12(3)23)15(25-11(2)22)13(9-20)27-17(14)24-8-6-4-5-7-18/h13-17,20H,4-9,18H2,1-3H3,(H,19,21)/t13?,14?,15-,16+,17+/m0/s1. The van der Waals surface area contributed by atoms with Crippen molar-refractivity contribution in [3.8, 4) is 0 Å². The van der Waals surface area contributed by atoms with Crippen molar-refractivity contribution < 1.29 is 38.4 Å². The van der Waals surface area contributed by atoms with Gasteiger partial charge in [-0.25, -0.2) is 0 Å². The van der Waals surface area contributed by atoms with E-state index in [1.807, 2.05) is 0 Å². The molecule has 1 aliphatic rings. The van der Waals surface area contributed by atoms with Crippen LogP contribution in [-0.4, -0.2) is 73.4 Å². The summed E-state index contributed by atoms with van der Waals surface area (Å²) in [5, 5.41) is 12.3. The first-order chi connectivity index (χ1) is 12.8. The highest BCUT2D eigenvalue weighted by atomic mass is 16.7. The average molecular weight is 390 g/mol. The number of nitrogens with two attached hydrogens (primary N) is 1. The van der Waals surface area contributed by atoms with Crippen LogP contribution in [0.1, 0.15) is 40.0 Å². The lowest BCUT2D eigenvalue weighted by Gasteiger charge is -2.44. The Morgan fingerprint density at radius 1 is 1.04 bits per heavy atom. The van der Waals surface area contributed by atoms with Gasteiger partial charge in [0, 0.05) is 27.4 Å². The maximum atomic E-state index is 11.7. The Bertz CT molecular complexity index is 501. The lowest BCUT2D eigenvalue weighted by Crippen LogP contribution is -2.66. The number of esters is 2. The fourth-order valence-corrected chi connectivity index (χ4v) is 2.87. The second kappa shape index (κ2) is 11.9. The van der Waals surface area contributed by atoms with Crippen molar-refractivity contribution in [1.82, 2.24) is 5.32 Å². The molecule has 1 aliphatic heterocycles. The Balaban J connectivity index is 3.01. The van der Waals surface area contributed by atoms with Crippen LogP contribution in [0.2, 0.25) is 0 Å². The molecule has 4 N–H and O–H groups in total. The molecule has 1 saturated heterocycles. The number of amides is 1. The minimum Gasteiger partial charge on any atom is -0.456 e. The second-order valence-corrected chi connectivity index (χ2v) is 6.32. The molecule has 0 aromatic heterocycles. The van der Waals surface area contributed by atoms with Gasteiger partial charge in [-0.15, -0.1) is 0 Å². The van der Waals surface area contributed by atoms with Gasteiger partial charge in [-0.05, 0) is 25.8 Å². The van der Waals surface area contributed by atoms with Crippen LogP contribution >= 0.6 is 0 Å². The van der Waals surface area contributed by atoms with E-state index < -0.39 is 55.1 Å². The van der Waals surface area contributed by atoms with Crippen molar-refractivity contribution in [2.24, 2.45) is 5.73 Å². The average Bonchev–Trinajstić information content (AvgIpc) is 2.57. The Morgan fingerprint density at radius 2 is 1.67 bits per heavy atom. The van der Waals surface area contributed by atoms with Crippen LogP contribution in [0.25, 0.3) is 0 Å². The maximum Gasteiger partial charge on any atom is 0.303 e. The van der Waals surface area contributed by atoms with E-state index in [9.17, 15) is 19.5 Å². The smallest absolute Gasteiger partial charge is 0.303 e. The van der Waals surface area contributed by atoms with Gasteiger partial charge in [0.25, 0.3) is 0 Å². The minimum atomic E-state index is -1.09. The maximum absolute atomic E-state index is 11.7. The minimum absolute atomic E-state index is 0.323. The van der Waals surface area contributed by atoms with Crippen molar-refractivity contribution in [2.45, 2.75) is 70.7 Å². The van der Waals surface area contributed by atoms with Gasteiger partial charge in [0.15, 0.2) is 18.5 Å². The van der Waals surface area contributed by atoms with Crippen LogP contribution in [0.5, 0.6) is 0 Å². The third-order valence-electron chi connectivity index (χ3n) is 3.93. The lowest BCUT2D eigenvalue weighted by molar-refractivity contribution is -0.276. The van der Waals surface area contributed by atoms with E-state index in [0.29, 0.717) is 13.2 Å². The number of ether oxygens (including phenoxy) is 4. The van der Waals surface area contributed by atoms with Gasteiger partial charge in [0.1, 0.15) is 12.1 Å². The predicted molar refractivity (Wildman–Crippen MR) is 93.3 cm³/mol. The topological polar surface area (TPSA) is 146 Å². The van der Waals surface area contributed by atoms with Crippen molar-refractivity contribution in [3.05, 3.63) is 0 Å². The van der Waals surface area contributed by atoms with Crippen molar-refractivity contribution in [2.75, 3.05) is 19.8 Å². The summed E-state index contributed by atoms with van der Waals surface area (Å²) in [5.74, 6) is -1.67. The van der Waals surface area contributed by atoms with Gasteiger partial charge in [-0.3, -0.25) is 14.4 Å². The molecule has 1 fully saturated rings. The van der Waals surface area contributed by atoms with Crippen LogP contribution in [0.3, 0.4) is 0 Å². The molecule has 1 amide bonds. The van der Waals surface area contributed by atoms with Crippen molar-refractivity contribution in [3.63, 3.8) is 0 Å². The monoisotopic (exact) mass is 390 g/mol. The van der Waals surface area contributed by atoms with Gasteiger partial charge < -0.3 is 35.1 Å². The molecular weight excluding hydrogens is 360 g/mol. The number of nitrogens with one attached hydrogen (secondary N) is 1.